The Morgan fingerprint density at radius 1 is 0.397 bits per heavy atom. The number of halogens is 8. The Balaban J connectivity index is 0.000000139. The van der Waals surface area contributed by atoms with Crippen LogP contribution in [0.4, 0.5) is 58.4 Å². The van der Waals surface area contributed by atoms with Crippen LogP contribution in [-0.4, -0.2) is 220 Å². The molecule has 4 amide bonds. The molecule has 1 aliphatic carbocycles. The van der Waals surface area contributed by atoms with Crippen LogP contribution in [0.5, 0.6) is 28.7 Å². The molecule has 12 N–H and O–H groups in total. The zero-order valence-electron chi connectivity index (χ0n) is 63.5. The minimum Gasteiger partial charge on any atom is -0.493 e. The number of hydrogen-bond acceptors (Lipinski definition) is 29. The first-order chi connectivity index (χ1) is 57.3. The highest BCUT2D eigenvalue weighted by Gasteiger charge is 2.63. The van der Waals surface area contributed by atoms with E-state index in [4.69, 9.17) is 63.1 Å². The Morgan fingerprint density at radius 3 is 1.07 bits per heavy atom. The third-order valence-electron chi connectivity index (χ3n) is 20.0. The minimum atomic E-state index is -3.83. The van der Waals surface area contributed by atoms with Gasteiger partial charge in [0.2, 0.25) is 37.0 Å². The molecular weight excluding hydrogens is 1630 g/mol. The number of nitrogens with zero attached hydrogens (tertiary/aromatic N) is 8. The highest BCUT2D eigenvalue weighted by molar-refractivity contribution is 6.06. The summed E-state index contributed by atoms with van der Waals surface area (Å²) in [7, 11) is 0. The van der Waals surface area contributed by atoms with Crippen molar-refractivity contribution in [1.29, 1.82) is 0 Å². The second kappa shape index (κ2) is 34.8. The summed E-state index contributed by atoms with van der Waals surface area (Å²) in [6.45, 7) is 2.32. The number of nitrogens with one attached hydrogen (secondary N) is 4. The molecule has 4 fully saturated rings. The number of anilines is 4. The summed E-state index contributed by atoms with van der Waals surface area (Å²) in [6.07, 6.45) is -14.6. The average Bonchev–Trinajstić information content (AvgIpc) is 1.61. The maximum Gasteiger partial charge on any atom is 0.351 e. The van der Waals surface area contributed by atoms with Crippen LogP contribution in [0, 0.1) is 0 Å². The number of alkyl halides is 8. The van der Waals surface area contributed by atoms with Crippen molar-refractivity contribution in [2.75, 3.05) is 54.3 Å². The maximum atomic E-state index is 14.2. The standard InChI is InChI=1S/C20H21F2N3O5.C19H19F2N3O7.C19H19F2N3O6.C18H17F2N3O7/c21-20(22)16(27)14(10-26)30-18(20)25-8-7-15(24-19(25)29)23-17(28)13-6-5-11-3-1-2-4-12(11)9-13;1-18(2)30-10-4-3-9(7-11(10)31-18)15(27)22-13-5-6-24(17(28)23-13)16-19(20,21)14(26)12(8-25)29-16;20-19(21)15(26)13(9-25)30-17(19)24-6-5-14(23-18(24)28)22-16(27)11-4-3-10-2-1-7-29-12(10)8-11;1-8-28-10-3-2-9(6-11(10)29-8)15(26)21-13-4-5-23(17(27)22-13)16-18(19,20)14(25)12(7-24)30-16/h5-9,14,16,18,26-27H,1-4,10H2,(H,23,24,28,29);3-7,12,14,16,25-26H,8H2,1-2H3,(H,22,23,27,28);3-6,8,13,15,17,25-26H,1-2,7,9H2,(H,22,23,27,28);2-6,8,12,14,16,24-25H,7H2,1H3,(H,21,22,26,27)/t14-,16-,18?;12-,14-,16?;13-,15-,17?;8?,12-,14-,16?/m1111/s1. The van der Waals surface area contributed by atoms with Crippen molar-refractivity contribution in [2.24, 2.45) is 0 Å². The van der Waals surface area contributed by atoms with Crippen LogP contribution in [0.2, 0.25) is 0 Å². The zero-order chi connectivity index (χ0) is 87.1. The Hall–Kier alpha value is -11.8. The lowest BCUT2D eigenvalue weighted by molar-refractivity contribution is -0.141. The van der Waals surface area contributed by atoms with E-state index in [9.17, 15) is 93.9 Å². The van der Waals surface area contributed by atoms with Crippen LogP contribution in [0.15, 0.2) is 141 Å². The molecule has 0 spiro atoms. The van der Waals surface area contributed by atoms with E-state index in [0.29, 0.717) is 64.7 Å². The molecule has 5 unspecified atom stereocenters. The quantitative estimate of drug-likeness (QED) is 0.0617. The number of aromatic nitrogens is 8. The molecule has 8 aromatic rings. The van der Waals surface area contributed by atoms with Gasteiger partial charge in [-0.3, -0.25) is 37.4 Å². The van der Waals surface area contributed by atoms with Crippen molar-refractivity contribution in [1.82, 2.24) is 38.2 Å². The van der Waals surface area contributed by atoms with Crippen LogP contribution >= 0.6 is 0 Å². The van der Waals surface area contributed by atoms with Gasteiger partial charge in [-0.25, -0.2) is 19.2 Å². The third kappa shape index (κ3) is 18.0. The predicted molar refractivity (Wildman–Crippen MR) is 396 cm³/mol. The first-order valence-electron chi connectivity index (χ1n) is 37.1. The summed E-state index contributed by atoms with van der Waals surface area (Å²) < 4.78 is 163. The molecule has 646 valence electrons. The molecule has 121 heavy (non-hydrogen) atoms. The van der Waals surface area contributed by atoms with Crippen LogP contribution < -0.4 is 67.7 Å². The van der Waals surface area contributed by atoms with Gasteiger partial charge in [0.1, 0.15) is 53.4 Å². The van der Waals surface area contributed by atoms with Gasteiger partial charge in [-0.05, 0) is 140 Å². The van der Waals surface area contributed by atoms with Crippen LogP contribution in [0.25, 0.3) is 0 Å². The SMILES string of the molecule is CC1(C)Oc2ccc(C(=O)Nc3ccn(C4O[C@H](CO)[C@@H](O)C4(F)F)c(=O)n3)cc2O1.CC1Oc2ccc(C(=O)Nc3ccn(C4O[C@H](CO)[C@@H](O)C4(F)F)c(=O)n3)cc2O1.O=C(Nc1ccn(C2O[C@H](CO)[C@@H](O)C2(F)F)c(=O)n1)c1ccc2c(c1)CCCC2.O=C(Nc1ccn(C2O[C@H](CO)[C@@H](O)C2(F)F)c(=O)n1)c1ccc2c(c1)OCCC2. The first kappa shape index (κ1) is 87.1. The minimum absolute atomic E-state index is 0.0976. The molecule has 4 saturated heterocycles. The van der Waals surface area contributed by atoms with Gasteiger partial charge >= 0.3 is 46.4 Å². The van der Waals surface area contributed by atoms with Gasteiger partial charge in [0.15, 0.2) is 47.4 Å². The number of hydrogen-bond donors (Lipinski definition) is 12. The van der Waals surface area contributed by atoms with E-state index in [2.05, 4.69) is 41.2 Å². The molecule has 37 nitrogen and oxygen atoms in total. The lowest BCUT2D eigenvalue weighted by atomic mass is 9.90. The van der Waals surface area contributed by atoms with E-state index in [-0.39, 0.29) is 34.4 Å². The monoisotopic (exact) mass is 1710 g/mol. The molecular formula is C76H76F8N12O25. The molecule has 0 radical (unpaired) electrons. The zero-order valence-corrected chi connectivity index (χ0v) is 63.5. The second-order valence-electron chi connectivity index (χ2n) is 28.8. The van der Waals surface area contributed by atoms with Gasteiger partial charge in [-0.2, -0.15) is 55.1 Å². The normalized spacial score (nSPS) is 25.4. The Morgan fingerprint density at radius 2 is 0.702 bits per heavy atom. The van der Waals surface area contributed by atoms with E-state index in [1.54, 1.807) is 57.2 Å². The van der Waals surface area contributed by atoms with E-state index in [1.807, 2.05) is 12.1 Å². The highest BCUT2D eigenvalue weighted by atomic mass is 19.3. The second-order valence-corrected chi connectivity index (χ2v) is 28.8. The highest BCUT2D eigenvalue weighted by Crippen LogP contribution is 2.47. The molecule has 13 atom stereocenters. The van der Waals surface area contributed by atoms with Gasteiger partial charge in [-0.15, -0.1) is 0 Å². The van der Waals surface area contributed by atoms with Crippen molar-refractivity contribution in [2.45, 2.75) is 169 Å². The fraction of sp³-hybridized carbons (Fsp3) is 0.421. The number of amides is 4. The lowest BCUT2D eigenvalue weighted by Crippen LogP contribution is -2.41. The molecule has 0 bridgehead atoms. The molecule has 8 aliphatic rings. The topological polar surface area (TPSA) is 501 Å². The number of benzene rings is 4. The summed E-state index contributed by atoms with van der Waals surface area (Å²) in [5.74, 6) is -16.6. The van der Waals surface area contributed by atoms with Gasteiger partial charge in [0.05, 0.1) is 33.0 Å². The lowest BCUT2D eigenvalue weighted by Gasteiger charge is -2.21. The van der Waals surface area contributed by atoms with Crippen molar-refractivity contribution < 1.29 is 138 Å². The van der Waals surface area contributed by atoms with Crippen LogP contribution in [0.1, 0.15) is 123 Å². The van der Waals surface area contributed by atoms with Crippen LogP contribution in [-0.2, 0) is 38.2 Å². The molecule has 7 aliphatic heterocycles. The summed E-state index contributed by atoms with van der Waals surface area (Å²) in [4.78, 5) is 113. The van der Waals surface area contributed by atoms with E-state index in [0.717, 1.165) is 92.6 Å². The molecule has 45 heteroatoms. The predicted octanol–water partition coefficient (Wildman–Crippen LogP) is 3.35. The molecule has 0 saturated carbocycles. The molecule has 11 heterocycles. The first-order valence-corrected chi connectivity index (χ1v) is 37.1. The van der Waals surface area contributed by atoms with Gasteiger partial charge in [0.25, 0.3) is 23.6 Å². The van der Waals surface area contributed by atoms with Gasteiger partial charge in [0, 0.05) is 67.8 Å². The smallest absolute Gasteiger partial charge is 0.351 e. The number of carbonyl (C=O) groups is 4. The van der Waals surface area contributed by atoms with E-state index >= 15 is 0 Å². The van der Waals surface area contributed by atoms with E-state index < -0.39 is 182 Å². The summed E-state index contributed by atoms with van der Waals surface area (Å²) in [6, 6.07) is 24.1. The number of rotatable bonds is 16. The third-order valence-corrected chi connectivity index (χ3v) is 20.0. The maximum absolute atomic E-state index is 14.2. The summed E-state index contributed by atoms with van der Waals surface area (Å²) in [5, 5.41) is 84.3. The number of carbonyl (C=O) groups excluding carboxylic acids is 4. The number of aryl methyl sites for hydroxylation is 3. The molecule has 16 rings (SSSR count). The Bertz CT molecular complexity index is 5350. The van der Waals surface area contributed by atoms with Gasteiger partial charge in [-0.1, -0.05) is 12.1 Å². The largest absolute Gasteiger partial charge is 0.493 e. The van der Waals surface area contributed by atoms with Gasteiger partial charge < -0.3 is 105 Å². The number of aliphatic hydroxyl groups is 8. The average molecular weight is 1710 g/mol. The summed E-state index contributed by atoms with van der Waals surface area (Å²) in [5.41, 5.74) is -0.0205. The van der Waals surface area contributed by atoms with Crippen molar-refractivity contribution in [3.05, 3.63) is 203 Å². The number of ether oxygens (including phenoxy) is 9. The van der Waals surface area contributed by atoms with Crippen molar-refractivity contribution in [3.63, 3.8) is 0 Å². The fourth-order valence-corrected chi connectivity index (χ4v) is 13.8. The molecule has 4 aromatic heterocycles. The van der Waals surface area contributed by atoms with Crippen molar-refractivity contribution >= 4 is 46.9 Å². The Labute approximate surface area is 675 Å². The van der Waals surface area contributed by atoms with Crippen molar-refractivity contribution in [3.8, 4) is 28.7 Å². The Kier molecular flexibility index (Phi) is 25.0. The van der Waals surface area contributed by atoms with E-state index in [1.165, 1.54) is 35.9 Å². The molecule has 4 aromatic carbocycles. The number of fused-ring (bicyclic) bond motifs is 4. The summed E-state index contributed by atoms with van der Waals surface area (Å²) >= 11 is 0. The number of aliphatic hydroxyl groups excluding tert-OH is 8. The van der Waals surface area contributed by atoms with Crippen LogP contribution in [0.3, 0.4) is 0 Å². The fourth-order valence-electron chi connectivity index (χ4n) is 13.8.